The molecule has 1 saturated heterocycles. The van der Waals surface area contributed by atoms with Gasteiger partial charge in [-0.2, -0.15) is 0 Å². The quantitative estimate of drug-likeness (QED) is 0.828. The van der Waals surface area contributed by atoms with E-state index in [1.165, 1.54) is 51.1 Å². The fraction of sp³-hybridized carbons (Fsp3) is 0.647. The van der Waals surface area contributed by atoms with Gasteiger partial charge in [0.2, 0.25) is 0 Å². The van der Waals surface area contributed by atoms with Crippen molar-refractivity contribution >= 4 is 0 Å². The molecule has 1 atom stereocenters. The Morgan fingerprint density at radius 3 is 2.30 bits per heavy atom. The largest absolute Gasteiger partial charge is 0.330 e. The zero-order valence-corrected chi connectivity index (χ0v) is 12.8. The first kappa shape index (κ1) is 15.5. The topological polar surface area (TPSA) is 32.5 Å². The molecule has 1 heterocycles. The maximum Gasteiger partial charge on any atom is 0.0234 e. The average molecular weight is 275 g/mol. The monoisotopic (exact) mass is 275 g/mol. The second-order valence-electron chi connectivity index (χ2n) is 5.90. The van der Waals surface area contributed by atoms with Crippen molar-refractivity contribution in [3.8, 4) is 0 Å². The number of rotatable bonds is 7. The summed E-state index contributed by atoms with van der Waals surface area (Å²) in [5, 5.41) is 0. The molecule has 0 amide bonds. The van der Waals surface area contributed by atoms with Crippen molar-refractivity contribution in [2.24, 2.45) is 11.7 Å². The fourth-order valence-electron chi connectivity index (χ4n) is 2.87. The zero-order valence-electron chi connectivity index (χ0n) is 12.8. The average Bonchev–Trinajstić information content (AvgIpc) is 2.51. The van der Waals surface area contributed by atoms with Crippen molar-refractivity contribution in [3.63, 3.8) is 0 Å². The molecule has 112 valence electrons. The molecule has 2 N–H and O–H groups in total. The maximum atomic E-state index is 5.78. The summed E-state index contributed by atoms with van der Waals surface area (Å²) in [6.45, 7) is 10.2. The lowest BCUT2D eigenvalue weighted by Gasteiger charge is -2.35. The van der Waals surface area contributed by atoms with E-state index in [2.05, 4.69) is 47.1 Å². The molecule has 0 aliphatic carbocycles. The smallest absolute Gasteiger partial charge is 0.0234 e. The Hall–Kier alpha value is -0.900. The van der Waals surface area contributed by atoms with Crippen LogP contribution in [0, 0.1) is 5.92 Å². The molecule has 0 bridgehead atoms. The Bertz CT molecular complexity index is 354. The number of benzene rings is 1. The number of hydrogen-bond donors (Lipinski definition) is 1. The highest BCUT2D eigenvalue weighted by molar-refractivity contribution is 5.14. The molecule has 20 heavy (non-hydrogen) atoms. The first-order chi connectivity index (χ1) is 9.81. The van der Waals surface area contributed by atoms with Crippen LogP contribution in [0.5, 0.6) is 0 Å². The van der Waals surface area contributed by atoms with Gasteiger partial charge in [0, 0.05) is 32.7 Å². The van der Waals surface area contributed by atoms with Crippen LogP contribution in [0.15, 0.2) is 30.3 Å². The minimum absolute atomic E-state index is 0.706. The Morgan fingerprint density at radius 1 is 1.05 bits per heavy atom. The van der Waals surface area contributed by atoms with Crippen molar-refractivity contribution < 1.29 is 0 Å². The molecule has 0 spiro atoms. The van der Waals surface area contributed by atoms with Gasteiger partial charge in [-0.3, -0.25) is 4.90 Å². The molecule has 1 aromatic carbocycles. The minimum atomic E-state index is 0.706. The van der Waals surface area contributed by atoms with Gasteiger partial charge in [0.25, 0.3) is 0 Å². The van der Waals surface area contributed by atoms with E-state index in [1.54, 1.807) is 0 Å². The zero-order chi connectivity index (χ0) is 14.2. The normalized spacial score (nSPS) is 19.1. The van der Waals surface area contributed by atoms with E-state index in [1.807, 2.05) is 0 Å². The van der Waals surface area contributed by atoms with Crippen LogP contribution in [-0.2, 0) is 6.54 Å². The van der Waals surface area contributed by atoms with E-state index in [0.29, 0.717) is 5.92 Å². The number of hydrogen-bond acceptors (Lipinski definition) is 3. The summed E-state index contributed by atoms with van der Waals surface area (Å²) in [7, 11) is 0. The van der Waals surface area contributed by atoms with Crippen LogP contribution in [0.4, 0.5) is 0 Å². The van der Waals surface area contributed by atoms with Gasteiger partial charge in [0.1, 0.15) is 0 Å². The molecule has 3 nitrogen and oxygen atoms in total. The van der Waals surface area contributed by atoms with Gasteiger partial charge < -0.3 is 10.6 Å². The number of nitrogens with two attached hydrogens (primary N) is 1. The van der Waals surface area contributed by atoms with Gasteiger partial charge in [-0.15, -0.1) is 0 Å². The van der Waals surface area contributed by atoms with Crippen molar-refractivity contribution in [1.29, 1.82) is 0 Å². The van der Waals surface area contributed by atoms with Gasteiger partial charge in [-0.1, -0.05) is 43.7 Å². The molecule has 1 unspecified atom stereocenters. The van der Waals surface area contributed by atoms with Crippen molar-refractivity contribution in [2.45, 2.75) is 26.3 Å². The third-order valence-corrected chi connectivity index (χ3v) is 4.48. The first-order valence-electron chi connectivity index (χ1n) is 8.00. The molecule has 0 aromatic heterocycles. The van der Waals surface area contributed by atoms with Crippen LogP contribution in [0.2, 0.25) is 0 Å². The van der Waals surface area contributed by atoms with Crippen molar-refractivity contribution in [2.75, 3.05) is 39.3 Å². The van der Waals surface area contributed by atoms with E-state index in [-0.39, 0.29) is 0 Å². The second-order valence-corrected chi connectivity index (χ2v) is 5.90. The van der Waals surface area contributed by atoms with Crippen LogP contribution in [0.3, 0.4) is 0 Å². The summed E-state index contributed by atoms with van der Waals surface area (Å²) >= 11 is 0. The van der Waals surface area contributed by atoms with Crippen LogP contribution in [0.1, 0.15) is 25.3 Å². The predicted octanol–water partition coefficient (Wildman–Crippen LogP) is 2.18. The lowest BCUT2D eigenvalue weighted by atomic mass is 10.0. The van der Waals surface area contributed by atoms with Crippen molar-refractivity contribution in [1.82, 2.24) is 9.80 Å². The van der Waals surface area contributed by atoms with E-state index in [9.17, 15) is 0 Å². The molecule has 0 saturated carbocycles. The van der Waals surface area contributed by atoms with Crippen LogP contribution < -0.4 is 5.73 Å². The molecular formula is C17H29N3. The number of nitrogens with zero attached hydrogens (tertiary/aromatic N) is 2. The van der Waals surface area contributed by atoms with Crippen molar-refractivity contribution in [3.05, 3.63) is 35.9 Å². The van der Waals surface area contributed by atoms with Gasteiger partial charge in [0.15, 0.2) is 0 Å². The summed E-state index contributed by atoms with van der Waals surface area (Å²) < 4.78 is 0. The predicted molar refractivity (Wildman–Crippen MR) is 85.6 cm³/mol. The van der Waals surface area contributed by atoms with E-state index in [4.69, 9.17) is 5.73 Å². The lowest BCUT2D eigenvalue weighted by molar-refractivity contribution is 0.121. The molecule has 2 rings (SSSR count). The molecular weight excluding hydrogens is 246 g/mol. The summed E-state index contributed by atoms with van der Waals surface area (Å²) in [6.07, 6.45) is 2.47. The summed E-state index contributed by atoms with van der Waals surface area (Å²) in [6, 6.07) is 10.8. The summed E-state index contributed by atoms with van der Waals surface area (Å²) in [5.74, 6) is 0.706. The Labute approximate surface area is 123 Å². The number of piperazine rings is 1. The van der Waals surface area contributed by atoms with Gasteiger partial charge >= 0.3 is 0 Å². The van der Waals surface area contributed by atoms with E-state index < -0.39 is 0 Å². The third-order valence-electron chi connectivity index (χ3n) is 4.48. The first-order valence-corrected chi connectivity index (χ1v) is 8.00. The summed E-state index contributed by atoms with van der Waals surface area (Å²) in [5.41, 5.74) is 7.21. The SMILES string of the molecule is CCC(CN)CCN1CCN(Cc2ccccc2)CC1. The highest BCUT2D eigenvalue weighted by Crippen LogP contribution is 2.11. The Morgan fingerprint density at radius 2 is 1.70 bits per heavy atom. The lowest BCUT2D eigenvalue weighted by Crippen LogP contribution is -2.46. The highest BCUT2D eigenvalue weighted by atomic mass is 15.3. The molecule has 1 fully saturated rings. The fourth-order valence-corrected chi connectivity index (χ4v) is 2.87. The maximum absolute atomic E-state index is 5.78. The molecule has 3 heteroatoms. The summed E-state index contributed by atoms with van der Waals surface area (Å²) in [4.78, 5) is 5.16. The molecule has 1 aliphatic heterocycles. The van der Waals surface area contributed by atoms with E-state index in [0.717, 1.165) is 13.1 Å². The Kier molecular flexibility index (Phi) is 6.51. The van der Waals surface area contributed by atoms with Gasteiger partial charge in [-0.25, -0.2) is 0 Å². The molecule has 1 aliphatic rings. The van der Waals surface area contributed by atoms with Gasteiger partial charge in [-0.05, 0) is 31.0 Å². The van der Waals surface area contributed by atoms with Crippen LogP contribution in [-0.4, -0.2) is 49.1 Å². The highest BCUT2D eigenvalue weighted by Gasteiger charge is 2.17. The standard InChI is InChI=1S/C17H29N3/c1-2-16(14-18)8-9-19-10-12-20(13-11-19)15-17-6-4-3-5-7-17/h3-7,16H,2,8-15,18H2,1H3. The molecule has 0 radical (unpaired) electrons. The van der Waals surface area contributed by atoms with Crippen LogP contribution >= 0.6 is 0 Å². The molecule has 1 aromatic rings. The van der Waals surface area contributed by atoms with E-state index >= 15 is 0 Å². The second kappa shape index (κ2) is 8.40. The van der Waals surface area contributed by atoms with Gasteiger partial charge in [0.05, 0.1) is 0 Å². The third kappa shape index (κ3) is 4.89. The van der Waals surface area contributed by atoms with Crippen LogP contribution in [0.25, 0.3) is 0 Å². The Balaban J connectivity index is 1.67. The minimum Gasteiger partial charge on any atom is -0.330 e.